The number of anilines is 1. The van der Waals surface area contributed by atoms with E-state index in [-0.39, 0.29) is 42.7 Å². The summed E-state index contributed by atoms with van der Waals surface area (Å²) < 4.78 is 0. The van der Waals surface area contributed by atoms with Gasteiger partial charge in [-0.05, 0) is 30.5 Å². The van der Waals surface area contributed by atoms with Crippen LogP contribution in [0.3, 0.4) is 0 Å². The third-order valence-electron chi connectivity index (χ3n) is 5.99. The number of nitrogens with one attached hydrogen (secondary N) is 1. The SMILES string of the molecule is NCC(=O)N[C@@H](Cc1ccc([N+](=O)[O-])cc1)C(=O)N1CCC[C@]1(C(=O)O)C(=O)c1ccccc1N. The normalized spacial score (nSPS) is 18.0. The van der Waals surface area contributed by atoms with Crippen LogP contribution in [0.5, 0.6) is 0 Å². The average molecular weight is 483 g/mol. The summed E-state index contributed by atoms with van der Waals surface area (Å²) >= 11 is 0. The Morgan fingerprint density at radius 3 is 2.37 bits per heavy atom. The summed E-state index contributed by atoms with van der Waals surface area (Å²) in [5.41, 5.74) is 9.48. The molecule has 1 fully saturated rings. The highest BCUT2D eigenvalue weighted by Gasteiger charge is 2.57. The fourth-order valence-electron chi connectivity index (χ4n) is 4.23. The molecule has 0 unspecified atom stereocenters. The van der Waals surface area contributed by atoms with Crippen molar-refractivity contribution in [3.8, 4) is 0 Å². The van der Waals surface area contributed by atoms with Crippen LogP contribution < -0.4 is 16.8 Å². The van der Waals surface area contributed by atoms with Gasteiger partial charge in [0.05, 0.1) is 11.5 Å². The number of carboxylic acid groups (broad SMARTS) is 1. The molecule has 0 aromatic heterocycles. The number of Topliss-reactive ketones (excluding diaryl/α,β-unsaturated/α-hetero) is 1. The number of para-hydroxylation sites is 1. The molecule has 184 valence electrons. The van der Waals surface area contributed by atoms with Crippen molar-refractivity contribution in [2.45, 2.75) is 30.8 Å². The molecule has 2 amide bonds. The summed E-state index contributed by atoms with van der Waals surface area (Å²) in [7, 11) is 0. The van der Waals surface area contributed by atoms with E-state index in [4.69, 9.17) is 11.5 Å². The fraction of sp³-hybridized carbons (Fsp3) is 0.304. The molecule has 1 saturated heterocycles. The average Bonchev–Trinajstić information content (AvgIpc) is 3.29. The van der Waals surface area contributed by atoms with E-state index in [0.717, 1.165) is 4.90 Å². The number of aliphatic carboxylic acids is 1. The highest BCUT2D eigenvalue weighted by atomic mass is 16.6. The first-order valence-electron chi connectivity index (χ1n) is 10.8. The number of likely N-dealkylation sites (tertiary alicyclic amines) is 1. The predicted molar refractivity (Wildman–Crippen MR) is 124 cm³/mol. The maximum Gasteiger partial charge on any atom is 0.337 e. The van der Waals surface area contributed by atoms with Crippen molar-refractivity contribution >= 4 is 34.9 Å². The molecule has 35 heavy (non-hydrogen) atoms. The summed E-state index contributed by atoms with van der Waals surface area (Å²) in [6.45, 7) is -0.452. The van der Waals surface area contributed by atoms with Gasteiger partial charge in [0.1, 0.15) is 6.04 Å². The Kier molecular flexibility index (Phi) is 7.45. The lowest BCUT2D eigenvalue weighted by atomic mass is 9.85. The van der Waals surface area contributed by atoms with E-state index in [1.165, 1.54) is 36.4 Å². The van der Waals surface area contributed by atoms with Gasteiger partial charge in [-0.15, -0.1) is 0 Å². The minimum atomic E-state index is -2.20. The summed E-state index contributed by atoms with van der Waals surface area (Å²) in [6.07, 6.45) is 0.0123. The monoisotopic (exact) mass is 483 g/mol. The van der Waals surface area contributed by atoms with Crippen LogP contribution in [-0.2, 0) is 20.8 Å². The van der Waals surface area contributed by atoms with Crippen LogP contribution in [0.1, 0.15) is 28.8 Å². The number of carbonyl (C=O) groups is 4. The molecule has 2 atom stereocenters. The number of hydrogen-bond donors (Lipinski definition) is 4. The Morgan fingerprint density at radius 2 is 1.80 bits per heavy atom. The van der Waals surface area contributed by atoms with E-state index in [0.29, 0.717) is 5.56 Å². The Labute approximate surface area is 200 Å². The van der Waals surface area contributed by atoms with E-state index in [1.807, 2.05) is 0 Å². The molecule has 12 nitrogen and oxygen atoms in total. The van der Waals surface area contributed by atoms with E-state index >= 15 is 0 Å². The van der Waals surface area contributed by atoms with Gasteiger partial charge in [-0.1, -0.05) is 24.3 Å². The van der Waals surface area contributed by atoms with E-state index in [1.54, 1.807) is 12.1 Å². The highest BCUT2D eigenvalue weighted by molar-refractivity contribution is 6.20. The molecule has 0 spiro atoms. The Bertz CT molecular complexity index is 1170. The Morgan fingerprint density at radius 1 is 1.14 bits per heavy atom. The topological polar surface area (TPSA) is 199 Å². The highest BCUT2D eigenvalue weighted by Crippen LogP contribution is 2.35. The summed E-state index contributed by atoms with van der Waals surface area (Å²) in [5.74, 6) is -3.78. The largest absolute Gasteiger partial charge is 0.479 e. The van der Waals surface area contributed by atoms with Gasteiger partial charge in [0.2, 0.25) is 23.1 Å². The van der Waals surface area contributed by atoms with Crippen molar-refractivity contribution in [1.82, 2.24) is 10.2 Å². The summed E-state index contributed by atoms with van der Waals surface area (Å²) in [4.78, 5) is 63.0. The number of nitrogens with two attached hydrogens (primary N) is 2. The molecule has 3 rings (SSSR count). The van der Waals surface area contributed by atoms with Gasteiger partial charge in [0, 0.05) is 36.3 Å². The number of benzene rings is 2. The number of hydrogen-bond acceptors (Lipinski definition) is 8. The van der Waals surface area contributed by atoms with Crippen LogP contribution in [0, 0.1) is 10.1 Å². The number of non-ortho nitro benzene ring substituents is 1. The van der Waals surface area contributed by atoms with E-state index in [2.05, 4.69) is 5.32 Å². The first kappa shape index (κ1) is 25.3. The van der Waals surface area contributed by atoms with Gasteiger partial charge in [-0.2, -0.15) is 0 Å². The first-order valence-corrected chi connectivity index (χ1v) is 10.8. The number of amides is 2. The molecule has 1 aliphatic rings. The van der Waals surface area contributed by atoms with Crippen LogP contribution in [-0.4, -0.2) is 63.2 Å². The summed E-state index contributed by atoms with van der Waals surface area (Å²) in [6, 6.07) is 10.1. The Balaban J connectivity index is 1.98. The molecule has 2 aromatic rings. The van der Waals surface area contributed by atoms with Crippen LogP contribution in [0.4, 0.5) is 11.4 Å². The third kappa shape index (κ3) is 4.96. The van der Waals surface area contributed by atoms with Crippen LogP contribution in [0.2, 0.25) is 0 Å². The zero-order valence-electron chi connectivity index (χ0n) is 18.7. The lowest BCUT2D eigenvalue weighted by Gasteiger charge is -2.36. The zero-order valence-corrected chi connectivity index (χ0v) is 18.7. The van der Waals surface area contributed by atoms with Crippen LogP contribution >= 0.6 is 0 Å². The quantitative estimate of drug-likeness (QED) is 0.129. The molecule has 1 heterocycles. The van der Waals surface area contributed by atoms with E-state index < -0.39 is 46.6 Å². The molecule has 0 radical (unpaired) electrons. The number of nitro groups is 1. The number of nitrogens with zero attached hydrogens (tertiary/aromatic N) is 2. The number of ketones is 1. The molecule has 6 N–H and O–H groups in total. The smallest absolute Gasteiger partial charge is 0.337 e. The number of rotatable bonds is 9. The van der Waals surface area contributed by atoms with Gasteiger partial charge in [0.25, 0.3) is 5.69 Å². The predicted octanol–water partition coefficient (Wildman–Crippen LogP) is 0.492. The molecule has 0 bridgehead atoms. The van der Waals surface area contributed by atoms with Gasteiger partial charge < -0.3 is 26.8 Å². The number of nitro benzene ring substituents is 1. The minimum absolute atomic E-state index is 0.0208. The molecule has 1 aliphatic heterocycles. The van der Waals surface area contributed by atoms with Crippen molar-refractivity contribution in [3.05, 3.63) is 69.8 Å². The molecular formula is C23H25N5O7. The maximum atomic E-state index is 13.6. The zero-order chi connectivity index (χ0) is 25.8. The van der Waals surface area contributed by atoms with Gasteiger partial charge in [-0.3, -0.25) is 24.5 Å². The molecule has 2 aromatic carbocycles. The van der Waals surface area contributed by atoms with E-state index in [9.17, 15) is 34.4 Å². The van der Waals surface area contributed by atoms with Crippen molar-refractivity contribution in [2.75, 3.05) is 18.8 Å². The molecular weight excluding hydrogens is 458 g/mol. The second kappa shape index (κ2) is 10.3. The van der Waals surface area contributed by atoms with Gasteiger partial charge >= 0.3 is 5.97 Å². The van der Waals surface area contributed by atoms with Crippen molar-refractivity contribution in [3.63, 3.8) is 0 Å². The molecule has 0 aliphatic carbocycles. The third-order valence-corrected chi connectivity index (χ3v) is 5.99. The molecule has 12 heteroatoms. The standard InChI is InChI=1S/C23H25N5O7/c24-13-19(29)26-18(12-14-6-8-15(9-7-14)28(34)35)21(31)27-11-3-10-23(27,22(32)33)20(30)16-4-1-2-5-17(16)25/h1-2,4-9,18H,3,10-13,24-25H2,(H,26,29)(H,32,33)/t18-,23+/m0/s1. The van der Waals surface area contributed by atoms with Gasteiger partial charge in [-0.25, -0.2) is 4.79 Å². The van der Waals surface area contributed by atoms with Crippen molar-refractivity contribution in [1.29, 1.82) is 0 Å². The fourth-order valence-corrected chi connectivity index (χ4v) is 4.23. The molecule has 0 saturated carbocycles. The number of carboxylic acids is 1. The van der Waals surface area contributed by atoms with Crippen molar-refractivity contribution < 1.29 is 29.2 Å². The number of carbonyl (C=O) groups excluding carboxylic acids is 3. The second-order valence-corrected chi connectivity index (χ2v) is 8.13. The maximum absolute atomic E-state index is 13.6. The lowest BCUT2D eigenvalue weighted by Crippen LogP contribution is -2.62. The van der Waals surface area contributed by atoms with Crippen LogP contribution in [0.25, 0.3) is 0 Å². The van der Waals surface area contributed by atoms with Gasteiger partial charge in [0.15, 0.2) is 0 Å². The van der Waals surface area contributed by atoms with Crippen LogP contribution in [0.15, 0.2) is 48.5 Å². The first-order chi connectivity index (χ1) is 16.6. The Hall–Kier alpha value is -4.32. The summed E-state index contributed by atoms with van der Waals surface area (Å²) in [5, 5.41) is 23.6. The minimum Gasteiger partial charge on any atom is -0.479 e. The van der Waals surface area contributed by atoms with Crippen molar-refractivity contribution in [2.24, 2.45) is 5.73 Å². The lowest BCUT2D eigenvalue weighted by molar-refractivity contribution is -0.384. The number of nitrogen functional groups attached to an aromatic ring is 1. The second-order valence-electron chi connectivity index (χ2n) is 8.13.